The van der Waals surface area contributed by atoms with Gasteiger partial charge in [-0.05, 0) is 47.4 Å². The molecule has 4 aromatic rings. The Morgan fingerprint density at radius 1 is 0.902 bits per heavy atom. The second-order valence-electron chi connectivity index (χ2n) is 8.72. The molecule has 1 N–H and O–H groups in total. The molecule has 0 aliphatic heterocycles. The van der Waals surface area contributed by atoms with E-state index in [2.05, 4.69) is 19.2 Å². The molecular weight excluding hydrogens is 570 g/mol. The summed E-state index contributed by atoms with van der Waals surface area (Å²) in [5, 5.41) is 11.5. The van der Waals surface area contributed by atoms with E-state index in [1.54, 1.807) is 42.5 Å². The van der Waals surface area contributed by atoms with E-state index in [-0.39, 0.29) is 12.3 Å². The molecule has 0 bridgehead atoms. The average Bonchev–Trinajstić information content (AvgIpc) is 2.89. The third kappa shape index (κ3) is 8.70. The average molecular weight is 594 g/mol. The van der Waals surface area contributed by atoms with Crippen molar-refractivity contribution in [1.29, 1.82) is 0 Å². The topological polar surface area (TPSA) is 114 Å². The molecule has 2 heterocycles. The molecule has 0 saturated carbocycles. The highest BCUT2D eigenvalue weighted by Crippen LogP contribution is 2.37. The molecule has 0 aliphatic rings. The minimum atomic E-state index is -3.49. The molecule has 0 fully saturated rings. The lowest BCUT2D eigenvalue weighted by molar-refractivity contribution is -0.605. The van der Waals surface area contributed by atoms with E-state index in [0.717, 1.165) is 17.9 Å². The number of pyridine rings is 2. The molecule has 0 saturated heterocycles. The van der Waals surface area contributed by atoms with Crippen LogP contribution in [0.3, 0.4) is 0 Å². The zero-order chi connectivity index (χ0) is 29.6. The lowest BCUT2D eigenvalue weighted by atomic mass is 9.87. The summed E-state index contributed by atoms with van der Waals surface area (Å²) in [5.41, 5.74) is 2.05. The minimum Gasteiger partial charge on any atom is -0.619 e. The fourth-order valence-electron chi connectivity index (χ4n) is 3.98. The smallest absolute Gasteiger partial charge is 0.387 e. The van der Waals surface area contributed by atoms with Crippen LogP contribution in [0, 0.1) is 5.21 Å². The predicted octanol–water partition coefficient (Wildman–Crippen LogP) is 5.46. The number of alkyl halides is 4. The van der Waals surface area contributed by atoms with Crippen molar-refractivity contribution in [2.45, 2.75) is 25.6 Å². The van der Waals surface area contributed by atoms with Gasteiger partial charge in [0.05, 0.1) is 11.9 Å². The number of halogens is 4. The number of nitrogens with zero attached hydrogens (tertiary/aromatic N) is 2. The van der Waals surface area contributed by atoms with Crippen LogP contribution >= 0.6 is 0 Å². The maximum Gasteiger partial charge on any atom is 0.387 e. The Labute approximate surface area is 232 Å². The van der Waals surface area contributed by atoms with Gasteiger partial charge in [0.25, 0.3) is 0 Å². The lowest BCUT2D eigenvalue weighted by Crippen LogP contribution is -2.24. The molecule has 1 unspecified atom stereocenters. The Kier molecular flexibility index (Phi) is 9.12. The number of sulfonamides is 1. The van der Waals surface area contributed by atoms with Gasteiger partial charge in [-0.1, -0.05) is 18.2 Å². The van der Waals surface area contributed by atoms with Crippen molar-refractivity contribution in [3.05, 3.63) is 107 Å². The Morgan fingerprint density at radius 2 is 1.59 bits per heavy atom. The van der Waals surface area contributed by atoms with Crippen LogP contribution in [0.4, 0.5) is 23.2 Å². The zero-order valence-electron chi connectivity index (χ0n) is 21.3. The summed E-state index contributed by atoms with van der Waals surface area (Å²) >= 11 is 0. The van der Waals surface area contributed by atoms with Crippen molar-refractivity contribution < 1.29 is 44.9 Å². The first kappa shape index (κ1) is 29.4. The van der Waals surface area contributed by atoms with Crippen LogP contribution < -0.4 is 23.7 Å². The van der Waals surface area contributed by atoms with Gasteiger partial charge < -0.3 is 19.4 Å². The fraction of sp³-hybridized carbons (Fsp3) is 0.185. The van der Waals surface area contributed by atoms with Crippen LogP contribution in [-0.2, 0) is 16.4 Å². The molecule has 0 spiro atoms. The zero-order valence-corrected chi connectivity index (χ0v) is 22.1. The number of benzene rings is 2. The second kappa shape index (κ2) is 12.7. The molecular formula is C27H23F4N3O6S. The Bertz CT molecular complexity index is 1570. The lowest BCUT2D eigenvalue weighted by Gasteiger charge is -2.20. The van der Waals surface area contributed by atoms with Crippen molar-refractivity contribution in [1.82, 2.24) is 4.98 Å². The van der Waals surface area contributed by atoms with Gasteiger partial charge in [0.2, 0.25) is 15.9 Å². The van der Waals surface area contributed by atoms with Gasteiger partial charge in [-0.3, -0.25) is 4.72 Å². The van der Waals surface area contributed by atoms with Gasteiger partial charge in [0.1, 0.15) is 5.75 Å². The van der Waals surface area contributed by atoms with E-state index in [1.807, 2.05) is 0 Å². The number of aromatic nitrogens is 2. The highest BCUT2D eigenvalue weighted by atomic mass is 32.2. The highest BCUT2D eigenvalue weighted by molar-refractivity contribution is 7.92. The first-order valence-electron chi connectivity index (χ1n) is 11.9. The molecule has 2 aromatic heterocycles. The van der Waals surface area contributed by atoms with Gasteiger partial charge in [-0.25, -0.2) is 13.4 Å². The van der Waals surface area contributed by atoms with E-state index in [0.29, 0.717) is 27.3 Å². The van der Waals surface area contributed by atoms with Crippen LogP contribution in [0.2, 0.25) is 0 Å². The maximum atomic E-state index is 13.1. The van der Waals surface area contributed by atoms with Crippen molar-refractivity contribution in [3.8, 4) is 23.1 Å². The normalized spacial score (nSPS) is 12.3. The Morgan fingerprint density at radius 3 is 2.22 bits per heavy atom. The summed E-state index contributed by atoms with van der Waals surface area (Å²) in [6, 6.07) is 16.4. The first-order valence-corrected chi connectivity index (χ1v) is 13.8. The van der Waals surface area contributed by atoms with E-state index in [4.69, 9.17) is 4.74 Å². The van der Waals surface area contributed by atoms with E-state index < -0.39 is 40.7 Å². The molecule has 2 aromatic carbocycles. The summed E-state index contributed by atoms with van der Waals surface area (Å²) in [4.78, 5) is 4.32. The van der Waals surface area contributed by atoms with E-state index in [1.165, 1.54) is 36.8 Å². The molecule has 41 heavy (non-hydrogen) atoms. The van der Waals surface area contributed by atoms with E-state index in [9.17, 15) is 31.2 Å². The van der Waals surface area contributed by atoms with Crippen LogP contribution in [-0.4, -0.2) is 32.9 Å². The quantitative estimate of drug-likeness (QED) is 0.132. The Hall–Kier alpha value is -4.59. The number of rotatable bonds is 12. The van der Waals surface area contributed by atoms with Crippen LogP contribution in [0.15, 0.2) is 85.3 Å². The summed E-state index contributed by atoms with van der Waals surface area (Å²) in [6.45, 7) is -6.53. The van der Waals surface area contributed by atoms with Gasteiger partial charge in [-0.2, -0.15) is 22.3 Å². The highest BCUT2D eigenvalue weighted by Gasteiger charge is 2.21. The SMILES string of the molecule is CS(=O)(=O)Nc1cccc(Oc2ccc(C(Cc3cc[n+]([O-])cc3)c3ccc(OC(F)F)c(OC(F)F)c3)cn2)c1. The summed E-state index contributed by atoms with van der Waals surface area (Å²) in [6.07, 6.45) is 5.41. The van der Waals surface area contributed by atoms with E-state index >= 15 is 0 Å². The van der Waals surface area contributed by atoms with Crippen LogP contribution in [0.5, 0.6) is 23.1 Å². The summed E-state index contributed by atoms with van der Waals surface area (Å²) in [5.74, 6) is -1.16. The third-order valence-electron chi connectivity index (χ3n) is 5.63. The van der Waals surface area contributed by atoms with Crippen molar-refractivity contribution in [2.24, 2.45) is 0 Å². The number of hydrogen-bond donors (Lipinski definition) is 1. The molecule has 4 rings (SSSR count). The third-order valence-corrected chi connectivity index (χ3v) is 6.24. The maximum absolute atomic E-state index is 13.1. The monoisotopic (exact) mass is 593 g/mol. The number of anilines is 1. The first-order chi connectivity index (χ1) is 19.4. The minimum absolute atomic E-state index is 0.179. The van der Waals surface area contributed by atoms with Gasteiger partial charge in [-0.15, -0.1) is 0 Å². The predicted molar refractivity (Wildman–Crippen MR) is 140 cm³/mol. The van der Waals surface area contributed by atoms with Gasteiger partial charge in [0, 0.05) is 36.4 Å². The standard InChI is InChI=1S/C27H23F4N3O6S/c1-41(36,37)33-20-3-2-4-21(15-20)38-25-8-6-19(16-32-25)22(13-17-9-11-34(35)12-10-17)18-5-7-23(39-26(28)29)24(14-18)40-27(30)31/h2-12,14-16,22,26-27,33H,13H2,1H3. The molecule has 1 atom stereocenters. The van der Waals surface area contributed by atoms with Crippen molar-refractivity contribution >= 4 is 15.7 Å². The molecule has 216 valence electrons. The summed E-state index contributed by atoms with van der Waals surface area (Å²) < 4.78 is 92.3. The Balaban J connectivity index is 1.65. The van der Waals surface area contributed by atoms with Gasteiger partial charge in [0.15, 0.2) is 23.9 Å². The molecule has 9 nitrogen and oxygen atoms in total. The van der Waals surface area contributed by atoms with Crippen LogP contribution in [0.25, 0.3) is 0 Å². The molecule has 0 radical (unpaired) electrons. The van der Waals surface area contributed by atoms with Crippen molar-refractivity contribution in [2.75, 3.05) is 11.0 Å². The summed E-state index contributed by atoms with van der Waals surface area (Å²) in [7, 11) is -3.49. The van der Waals surface area contributed by atoms with Crippen LogP contribution in [0.1, 0.15) is 22.6 Å². The number of nitrogens with one attached hydrogen (secondary N) is 1. The second-order valence-corrected chi connectivity index (χ2v) is 10.5. The van der Waals surface area contributed by atoms with Crippen molar-refractivity contribution in [3.63, 3.8) is 0 Å². The number of ether oxygens (including phenoxy) is 3. The molecule has 14 heteroatoms. The largest absolute Gasteiger partial charge is 0.619 e. The molecule has 0 aliphatic carbocycles. The number of hydrogen-bond acceptors (Lipinski definition) is 7. The fourth-order valence-corrected chi connectivity index (χ4v) is 4.54. The molecule has 0 amide bonds. The van der Waals surface area contributed by atoms with Gasteiger partial charge >= 0.3 is 13.2 Å².